The van der Waals surface area contributed by atoms with Crippen LogP contribution in [0.5, 0.6) is 0 Å². The summed E-state index contributed by atoms with van der Waals surface area (Å²) < 4.78 is 0. The van der Waals surface area contributed by atoms with Crippen LogP contribution < -0.4 is 0 Å². The molecule has 0 spiro atoms. The summed E-state index contributed by atoms with van der Waals surface area (Å²) in [5.41, 5.74) is 6.79. The van der Waals surface area contributed by atoms with Gasteiger partial charge in [-0.15, -0.1) is 0 Å². The van der Waals surface area contributed by atoms with Crippen molar-refractivity contribution < 1.29 is 0 Å². The zero-order valence-corrected chi connectivity index (χ0v) is 24.2. The maximum absolute atomic E-state index is 9.97. The molecule has 3 aromatic carbocycles. The lowest BCUT2D eigenvalue weighted by Crippen LogP contribution is -2.59. The Hall–Kier alpha value is -2.54. The molecule has 8 rings (SSSR count). The Bertz CT molecular complexity index is 1430. The number of rotatable bonds is 3. The van der Waals surface area contributed by atoms with Gasteiger partial charge in [-0.25, -0.2) is 0 Å². The fourth-order valence-electron chi connectivity index (χ4n) is 9.67. The van der Waals surface area contributed by atoms with Gasteiger partial charge in [-0.1, -0.05) is 86.0 Å². The van der Waals surface area contributed by atoms with E-state index in [-0.39, 0.29) is 0 Å². The van der Waals surface area contributed by atoms with Crippen molar-refractivity contribution in [3.63, 3.8) is 0 Å². The van der Waals surface area contributed by atoms with Gasteiger partial charge >= 0.3 is 0 Å². The number of nitrogens with zero attached hydrogens (tertiary/aromatic N) is 2. The van der Waals surface area contributed by atoms with E-state index in [4.69, 9.17) is 0 Å². The molecule has 204 valence electrons. The predicted molar refractivity (Wildman–Crippen MR) is 166 cm³/mol. The third-order valence-electron chi connectivity index (χ3n) is 11.3. The first-order valence-corrected chi connectivity index (χ1v) is 16.9. The highest BCUT2D eigenvalue weighted by molar-refractivity contribution is 8.00. The molecule has 0 amide bonds. The van der Waals surface area contributed by atoms with E-state index in [0.717, 1.165) is 62.7 Å². The number of hydrogen-bond donors (Lipinski definition) is 0. The Labute approximate surface area is 244 Å². The number of nitriles is 1. The minimum absolute atomic E-state index is 0.664. The van der Waals surface area contributed by atoms with Crippen molar-refractivity contribution in [2.24, 2.45) is 11.8 Å². The first-order valence-electron chi connectivity index (χ1n) is 15.9. The molecule has 8 unspecified atom stereocenters. The normalized spacial score (nSPS) is 34.8. The molecule has 2 saturated heterocycles. The number of benzene rings is 3. The van der Waals surface area contributed by atoms with Crippen molar-refractivity contribution in [2.75, 3.05) is 0 Å². The lowest BCUT2D eigenvalue weighted by Gasteiger charge is -2.53. The van der Waals surface area contributed by atoms with Crippen LogP contribution in [0.25, 0.3) is 22.3 Å². The van der Waals surface area contributed by atoms with E-state index in [0.29, 0.717) is 5.92 Å². The van der Waals surface area contributed by atoms with Crippen LogP contribution in [0.4, 0.5) is 0 Å². The summed E-state index contributed by atoms with van der Waals surface area (Å²) in [4.78, 5) is 3.17. The minimum atomic E-state index is 0.664. The molecule has 2 nitrogen and oxygen atoms in total. The van der Waals surface area contributed by atoms with Crippen LogP contribution in [-0.4, -0.2) is 33.5 Å². The maximum Gasteiger partial charge on any atom is 0.0998 e. The molecule has 3 aliphatic carbocycles. The molecule has 3 heteroatoms. The van der Waals surface area contributed by atoms with E-state index in [2.05, 4.69) is 77.3 Å². The summed E-state index contributed by atoms with van der Waals surface area (Å²) in [6.45, 7) is 0. The molecule has 3 saturated carbocycles. The van der Waals surface area contributed by atoms with E-state index in [1.807, 2.05) is 18.2 Å². The molecule has 8 atom stereocenters. The number of thioether (sulfide) groups is 1. The van der Waals surface area contributed by atoms with Crippen molar-refractivity contribution in [1.82, 2.24) is 4.90 Å². The first kappa shape index (κ1) is 25.2. The minimum Gasteiger partial charge on any atom is -0.292 e. The summed E-state index contributed by atoms with van der Waals surface area (Å²) in [5, 5.41) is 11.8. The van der Waals surface area contributed by atoms with Gasteiger partial charge in [0.1, 0.15) is 0 Å². The summed E-state index contributed by atoms with van der Waals surface area (Å²) >= 11 is 2.43. The third-order valence-corrected chi connectivity index (χ3v) is 13.1. The number of fused-ring (bicyclic) bond motifs is 5. The summed E-state index contributed by atoms with van der Waals surface area (Å²) in [5.74, 6) is 2.47. The van der Waals surface area contributed by atoms with Gasteiger partial charge in [0.05, 0.1) is 11.6 Å². The van der Waals surface area contributed by atoms with Gasteiger partial charge in [-0.05, 0) is 96.6 Å². The van der Waals surface area contributed by atoms with Crippen molar-refractivity contribution in [2.45, 2.75) is 98.8 Å². The van der Waals surface area contributed by atoms with E-state index >= 15 is 0 Å². The van der Waals surface area contributed by atoms with Crippen LogP contribution >= 0.6 is 11.8 Å². The summed E-state index contributed by atoms with van der Waals surface area (Å²) in [6, 6.07) is 31.1. The zero-order chi connectivity index (χ0) is 26.6. The Morgan fingerprint density at radius 3 is 2.40 bits per heavy atom. The Balaban J connectivity index is 1.06. The van der Waals surface area contributed by atoms with Crippen LogP contribution in [0.1, 0.15) is 81.3 Å². The second-order valence-corrected chi connectivity index (χ2v) is 14.7. The highest BCUT2D eigenvalue weighted by Gasteiger charge is 2.59. The van der Waals surface area contributed by atoms with Gasteiger partial charge in [-0.2, -0.15) is 17.0 Å². The van der Waals surface area contributed by atoms with Gasteiger partial charge in [0.15, 0.2) is 0 Å². The second kappa shape index (κ2) is 10.4. The Morgan fingerprint density at radius 2 is 1.50 bits per heavy atom. The van der Waals surface area contributed by atoms with Crippen LogP contribution in [0.3, 0.4) is 0 Å². The van der Waals surface area contributed by atoms with E-state index in [1.54, 1.807) is 0 Å². The summed E-state index contributed by atoms with van der Waals surface area (Å²) in [7, 11) is 0. The van der Waals surface area contributed by atoms with Gasteiger partial charge < -0.3 is 0 Å². The first-order chi connectivity index (χ1) is 19.8. The quantitative estimate of drug-likeness (QED) is 0.329. The lowest BCUT2D eigenvalue weighted by molar-refractivity contribution is 0.0606. The van der Waals surface area contributed by atoms with Gasteiger partial charge in [0.25, 0.3) is 0 Å². The molecule has 5 aliphatic rings. The second-order valence-electron chi connectivity index (χ2n) is 13.2. The average Bonchev–Trinajstić information content (AvgIpc) is 3.36. The molecule has 40 heavy (non-hydrogen) atoms. The van der Waals surface area contributed by atoms with Gasteiger partial charge in [0, 0.05) is 28.6 Å². The van der Waals surface area contributed by atoms with Crippen molar-refractivity contribution in [3.05, 3.63) is 83.9 Å². The molecular weight excluding hydrogens is 504 g/mol. The number of hydrogen-bond acceptors (Lipinski definition) is 3. The smallest absolute Gasteiger partial charge is 0.0998 e. The topological polar surface area (TPSA) is 27.0 Å². The zero-order valence-electron chi connectivity index (χ0n) is 23.4. The molecule has 2 heterocycles. The van der Waals surface area contributed by atoms with E-state index < -0.39 is 0 Å². The fourth-order valence-corrected chi connectivity index (χ4v) is 11.7. The van der Waals surface area contributed by atoms with E-state index in [9.17, 15) is 5.26 Å². The molecule has 5 fully saturated rings. The maximum atomic E-state index is 9.97. The van der Waals surface area contributed by atoms with Crippen LogP contribution in [0.2, 0.25) is 0 Å². The van der Waals surface area contributed by atoms with Crippen molar-refractivity contribution >= 4 is 11.8 Å². The predicted octanol–water partition coefficient (Wildman–Crippen LogP) is 9.06. The highest BCUT2D eigenvalue weighted by Crippen LogP contribution is 2.59. The lowest BCUT2D eigenvalue weighted by atomic mass is 9.69. The average molecular weight is 545 g/mol. The summed E-state index contributed by atoms with van der Waals surface area (Å²) in [6.07, 6.45) is 14.3. The molecule has 0 bridgehead atoms. The molecule has 0 aromatic heterocycles. The standard InChI is InChI=1S/C37H40N2S/c38-23-29-21-27(16-18-30(29)24-8-2-1-3-9-24)25-10-6-11-26(20-25)28-17-19-33-32(22-28)31-12-7-15-36-37(31)39(33)34-13-4-5-14-35(34)40-36/h1-3,6,8-11,16,18,20-21,28,31-37H,4-5,7,12-15,17,19,22H2. The molecule has 3 aromatic rings. The molecule has 2 aliphatic heterocycles. The van der Waals surface area contributed by atoms with Crippen molar-refractivity contribution in [1.29, 1.82) is 5.26 Å². The Morgan fingerprint density at radius 1 is 0.675 bits per heavy atom. The van der Waals surface area contributed by atoms with Crippen LogP contribution in [0.15, 0.2) is 72.8 Å². The van der Waals surface area contributed by atoms with Crippen LogP contribution in [0, 0.1) is 23.2 Å². The van der Waals surface area contributed by atoms with Crippen LogP contribution in [-0.2, 0) is 0 Å². The van der Waals surface area contributed by atoms with E-state index in [1.165, 1.54) is 75.3 Å². The molecule has 0 N–H and O–H groups in total. The monoisotopic (exact) mass is 544 g/mol. The molecule has 0 radical (unpaired) electrons. The van der Waals surface area contributed by atoms with Gasteiger partial charge in [-0.3, -0.25) is 4.90 Å². The fraction of sp³-hybridized carbons (Fsp3) is 0.486. The largest absolute Gasteiger partial charge is 0.292 e. The SMILES string of the molecule is N#Cc1cc(-c2cccc(C3CCC4C(C3)C3CCCC5SC6CCCCC6N4C53)c2)ccc1-c1ccccc1. The van der Waals surface area contributed by atoms with Gasteiger partial charge in [0.2, 0.25) is 0 Å². The third kappa shape index (κ3) is 4.17. The molecular formula is C37H40N2S. The Kier molecular flexibility index (Phi) is 6.54. The highest BCUT2D eigenvalue weighted by atomic mass is 32.2. The van der Waals surface area contributed by atoms with Crippen molar-refractivity contribution in [3.8, 4) is 28.3 Å².